The summed E-state index contributed by atoms with van der Waals surface area (Å²) in [5, 5.41) is 9.37. The molecular weight excluding hydrogens is 280 g/mol. The molecule has 1 fully saturated rings. The third-order valence-electron chi connectivity index (χ3n) is 4.27. The molecule has 1 N–H and O–H groups in total. The van der Waals surface area contributed by atoms with E-state index in [1.54, 1.807) is 17.0 Å². The van der Waals surface area contributed by atoms with Crippen LogP contribution in [0.5, 0.6) is 0 Å². The number of carbonyl (C=O) groups excluding carboxylic acids is 1. The summed E-state index contributed by atoms with van der Waals surface area (Å²) in [6.45, 7) is 2.87. The summed E-state index contributed by atoms with van der Waals surface area (Å²) < 4.78 is 5.70. The van der Waals surface area contributed by atoms with Crippen molar-refractivity contribution in [2.75, 3.05) is 13.2 Å². The maximum absolute atomic E-state index is 12.6. The molecule has 0 spiro atoms. The van der Waals surface area contributed by atoms with Gasteiger partial charge in [-0.3, -0.25) is 4.79 Å². The van der Waals surface area contributed by atoms with Crippen LogP contribution in [0.3, 0.4) is 0 Å². The van der Waals surface area contributed by atoms with Crippen LogP contribution in [0.15, 0.2) is 22.6 Å². The lowest BCUT2D eigenvalue weighted by Crippen LogP contribution is -2.37. The number of likely N-dealkylation sites (tertiary alicyclic amines) is 1. The van der Waals surface area contributed by atoms with E-state index in [-0.39, 0.29) is 18.6 Å². The summed E-state index contributed by atoms with van der Waals surface area (Å²) in [4.78, 5) is 18.8. The number of nitrogens with zero attached hydrogens (tertiary/aromatic N) is 2. The van der Waals surface area contributed by atoms with E-state index in [1.165, 1.54) is 0 Å². The van der Waals surface area contributed by atoms with E-state index in [2.05, 4.69) is 11.9 Å². The van der Waals surface area contributed by atoms with Crippen molar-refractivity contribution in [1.29, 1.82) is 0 Å². The van der Waals surface area contributed by atoms with Gasteiger partial charge >= 0.3 is 0 Å². The number of unbranched alkanes of at least 4 members (excludes halogenated alkanes) is 1. The molecule has 1 aliphatic heterocycles. The molecule has 1 atom stereocenters. The Balaban J connectivity index is 1.83. The molecular formula is C17H22N2O3. The second-order valence-electron chi connectivity index (χ2n) is 5.87. The van der Waals surface area contributed by atoms with Gasteiger partial charge in [0.2, 0.25) is 0 Å². The molecule has 0 unspecified atom stereocenters. The van der Waals surface area contributed by atoms with Crippen molar-refractivity contribution in [2.45, 2.75) is 45.1 Å². The molecule has 2 heterocycles. The highest BCUT2D eigenvalue weighted by Gasteiger charge is 2.29. The summed E-state index contributed by atoms with van der Waals surface area (Å²) in [5.74, 6) is 0.701. The number of benzene rings is 1. The fourth-order valence-corrected chi connectivity index (χ4v) is 3.00. The van der Waals surface area contributed by atoms with Gasteiger partial charge in [-0.1, -0.05) is 13.3 Å². The number of aromatic nitrogens is 1. The molecule has 2 aromatic rings. The molecule has 1 amide bonds. The smallest absolute Gasteiger partial charge is 0.254 e. The highest BCUT2D eigenvalue weighted by Crippen LogP contribution is 2.23. The first kappa shape index (κ1) is 15.0. The Hall–Kier alpha value is -1.88. The molecule has 118 valence electrons. The average molecular weight is 302 g/mol. The van der Waals surface area contributed by atoms with Gasteiger partial charge < -0.3 is 14.4 Å². The minimum atomic E-state index is -0.0550. The molecule has 22 heavy (non-hydrogen) atoms. The average Bonchev–Trinajstić information content (AvgIpc) is 3.17. The molecule has 0 aliphatic carbocycles. The lowest BCUT2D eigenvalue weighted by atomic mass is 10.1. The molecule has 5 nitrogen and oxygen atoms in total. The van der Waals surface area contributed by atoms with Crippen LogP contribution in [0.25, 0.3) is 11.1 Å². The molecule has 1 aromatic carbocycles. The zero-order valence-electron chi connectivity index (χ0n) is 12.9. The predicted molar refractivity (Wildman–Crippen MR) is 83.8 cm³/mol. The number of oxazole rings is 1. The predicted octanol–water partition coefficient (Wildman–Crippen LogP) is 2.77. The zero-order valence-corrected chi connectivity index (χ0v) is 12.9. The number of amides is 1. The zero-order chi connectivity index (χ0) is 15.5. The molecule has 0 saturated carbocycles. The van der Waals surface area contributed by atoms with Crippen LogP contribution < -0.4 is 0 Å². The standard InChI is InChI=1S/C17H22N2O3/c1-2-3-6-16-18-14-10-12(7-8-15(14)22-16)17(21)19-9-4-5-13(19)11-20/h7-8,10,13,20H,2-6,9,11H2,1H3/t13-/m0/s1. The third-order valence-corrected chi connectivity index (χ3v) is 4.27. The van der Waals surface area contributed by atoms with Crippen molar-refractivity contribution in [3.63, 3.8) is 0 Å². The monoisotopic (exact) mass is 302 g/mol. The molecule has 1 aliphatic rings. The summed E-state index contributed by atoms with van der Waals surface area (Å²) in [6.07, 6.45) is 4.79. The summed E-state index contributed by atoms with van der Waals surface area (Å²) >= 11 is 0. The Labute approximate surface area is 129 Å². The maximum Gasteiger partial charge on any atom is 0.254 e. The fraction of sp³-hybridized carbons (Fsp3) is 0.529. The van der Waals surface area contributed by atoms with Gasteiger partial charge in [0.1, 0.15) is 5.52 Å². The first-order chi connectivity index (χ1) is 10.7. The number of aliphatic hydroxyl groups is 1. The Morgan fingerprint density at radius 1 is 1.50 bits per heavy atom. The number of aliphatic hydroxyl groups excluding tert-OH is 1. The van der Waals surface area contributed by atoms with Gasteiger partial charge in [0.15, 0.2) is 11.5 Å². The van der Waals surface area contributed by atoms with E-state index in [0.29, 0.717) is 12.1 Å². The second-order valence-corrected chi connectivity index (χ2v) is 5.87. The van der Waals surface area contributed by atoms with Gasteiger partial charge in [0.05, 0.1) is 12.6 Å². The normalized spacial score (nSPS) is 18.3. The van der Waals surface area contributed by atoms with E-state index in [0.717, 1.165) is 49.1 Å². The van der Waals surface area contributed by atoms with E-state index in [1.807, 2.05) is 6.07 Å². The van der Waals surface area contributed by atoms with E-state index in [4.69, 9.17) is 4.42 Å². The van der Waals surface area contributed by atoms with Gasteiger partial charge in [-0.2, -0.15) is 0 Å². The molecule has 1 aromatic heterocycles. The summed E-state index contributed by atoms with van der Waals surface area (Å²) in [6, 6.07) is 5.34. The SMILES string of the molecule is CCCCc1nc2cc(C(=O)N3CCC[C@H]3CO)ccc2o1. The first-order valence-electron chi connectivity index (χ1n) is 8.04. The number of carbonyl (C=O) groups is 1. The second kappa shape index (κ2) is 6.48. The minimum absolute atomic E-state index is 0.0269. The number of hydrogen-bond acceptors (Lipinski definition) is 4. The van der Waals surface area contributed by atoms with Crippen LogP contribution in [0.1, 0.15) is 48.9 Å². The fourth-order valence-electron chi connectivity index (χ4n) is 3.00. The van der Waals surface area contributed by atoms with Crippen LogP contribution in [0, 0.1) is 0 Å². The Morgan fingerprint density at radius 3 is 3.14 bits per heavy atom. The molecule has 3 rings (SSSR count). The summed E-state index contributed by atoms with van der Waals surface area (Å²) in [5.41, 5.74) is 2.07. The number of hydrogen-bond donors (Lipinski definition) is 1. The molecule has 0 radical (unpaired) electrons. The van der Waals surface area contributed by atoms with Gasteiger partial charge in [0, 0.05) is 18.5 Å². The maximum atomic E-state index is 12.6. The van der Waals surface area contributed by atoms with Crippen LogP contribution in [0.4, 0.5) is 0 Å². The quantitative estimate of drug-likeness (QED) is 0.922. The van der Waals surface area contributed by atoms with Crippen molar-refractivity contribution in [3.05, 3.63) is 29.7 Å². The topological polar surface area (TPSA) is 66.6 Å². The van der Waals surface area contributed by atoms with Crippen molar-refractivity contribution in [2.24, 2.45) is 0 Å². The number of rotatable bonds is 5. The Morgan fingerprint density at radius 2 is 2.36 bits per heavy atom. The summed E-state index contributed by atoms with van der Waals surface area (Å²) in [7, 11) is 0. The Bertz CT molecular complexity index is 665. The van der Waals surface area contributed by atoms with Crippen LogP contribution >= 0.6 is 0 Å². The molecule has 0 bridgehead atoms. The van der Waals surface area contributed by atoms with Gasteiger partial charge in [-0.15, -0.1) is 0 Å². The minimum Gasteiger partial charge on any atom is -0.441 e. The highest BCUT2D eigenvalue weighted by atomic mass is 16.3. The third kappa shape index (κ3) is 2.86. The number of fused-ring (bicyclic) bond motifs is 1. The van der Waals surface area contributed by atoms with Crippen LogP contribution in [-0.4, -0.2) is 40.1 Å². The molecule has 5 heteroatoms. The van der Waals surface area contributed by atoms with Crippen LogP contribution in [-0.2, 0) is 6.42 Å². The van der Waals surface area contributed by atoms with Crippen molar-refractivity contribution in [3.8, 4) is 0 Å². The lowest BCUT2D eigenvalue weighted by molar-refractivity contribution is 0.0678. The lowest BCUT2D eigenvalue weighted by Gasteiger charge is -2.22. The van der Waals surface area contributed by atoms with Crippen LogP contribution in [0.2, 0.25) is 0 Å². The van der Waals surface area contributed by atoms with Crippen molar-refractivity contribution in [1.82, 2.24) is 9.88 Å². The first-order valence-corrected chi connectivity index (χ1v) is 8.04. The van der Waals surface area contributed by atoms with Gasteiger partial charge in [-0.05, 0) is 37.5 Å². The largest absolute Gasteiger partial charge is 0.441 e. The van der Waals surface area contributed by atoms with Gasteiger partial charge in [-0.25, -0.2) is 4.98 Å². The Kier molecular flexibility index (Phi) is 4.43. The van der Waals surface area contributed by atoms with Crippen molar-refractivity contribution >= 4 is 17.0 Å². The van der Waals surface area contributed by atoms with Crippen molar-refractivity contribution < 1.29 is 14.3 Å². The van der Waals surface area contributed by atoms with E-state index in [9.17, 15) is 9.90 Å². The number of aryl methyl sites for hydroxylation is 1. The highest BCUT2D eigenvalue weighted by molar-refractivity contribution is 5.97. The molecule has 1 saturated heterocycles. The van der Waals surface area contributed by atoms with Gasteiger partial charge in [0.25, 0.3) is 5.91 Å². The van der Waals surface area contributed by atoms with E-state index < -0.39 is 0 Å². The van der Waals surface area contributed by atoms with E-state index >= 15 is 0 Å².